The van der Waals surface area contributed by atoms with Gasteiger partial charge < -0.3 is 5.32 Å². The predicted octanol–water partition coefficient (Wildman–Crippen LogP) is 3.93. The zero-order valence-corrected chi connectivity index (χ0v) is 13.4. The fraction of sp³-hybridized carbons (Fsp3) is 0.312. The van der Waals surface area contributed by atoms with E-state index in [1.165, 1.54) is 10.8 Å². The number of benzene rings is 1. The molecule has 1 atom stereocenters. The van der Waals surface area contributed by atoms with Gasteiger partial charge in [-0.1, -0.05) is 18.2 Å². The fourth-order valence-electron chi connectivity index (χ4n) is 2.60. The third kappa shape index (κ3) is 2.91. The Morgan fingerprint density at radius 3 is 2.67 bits per heavy atom. The Labute approximate surface area is 136 Å². The Morgan fingerprint density at radius 2 is 1.96 bits per heavy atom. The summed E-state index contributed by atoms with van der Waals surface area (Å²) in [5.41, 5.74) is 2.22. The molecule has 0 bridgehead atoms. The molecule has 0 aliphatic heterocycles. The van der Waals surface area contributed by atoms with Crippen LogP contribution in [0.25, 0.3) is 5.78 Å². The first-order valence-electron chi connectivity index (χ1n) is 7.38. The second-order valence-corrected chi connectivity index (χ2v) is 5.65. The molecule has 0 spiro atoms. The number of fused-ring (bicyclic) bond motifs is 1. The SMILES string of the molecule is Cc1cccc(C(C)Nc2cc(C(F)(F)F)nc3ncnn23)c1C. The Kier molecular flexibility index (Phi) is 3.90. The van der Waals surface area contributed by atoms with E-state index in [9.17, 15) is 13.2 Å². The Bertz CT molecular complexity index is 885. The van der Waals surface area contributed by atoms with Crippen LogP contribution in [-0.4, -0.2) is 19.6 Å². The average Bonchev–Trinajstić information content (AvgIpc) is 2.97. The van der Waals surface area contributed by atoms with E-state index in [4.69, 9.17) is 0 Å². The summed E-state index contributed by atoms with van der Waals surface area (Å²) in [6.07, 6.45) is -3.37. The first-order valence-corrected chi connectivity index (χ1v) is 7.38. The molecule has 5 nitrogen and oxygen atoms in total. The van der Waals surface area contributed by atoms with Crippen molar-refractivity contribution in [2.75, 3.05) is 5.32 Å². The first kappa shape index (κ1) is 16.2. The summed E-state index contributed by atoms with van der Waals surface area (Å²) in [6.45, 7) is 5.87. The number of hydrogen-bond donors (Lipinski definition) is 1. The van der Waals surface area contributed by atoms with Crippen LogP contribution < -0.4 is 5.32 Å². The van der Waals surface area contributed by atoms with E-state index < -0.39 is 11.9 Å². The van der Waals surface area contributed by atoms with Crippen molar-refractivity contribution in [1.29, 1.82) is 0 Å². The second-order valence-electron chi connectivity index (χ2n) is 5.65. The molecule has 1 unspecified atom stereocenters. The van der Waals surface area contributed by atoms with Gasteiger partial charge in [0.25, 0.3) is 5.78 Å². The molecule has 2 heterocycles. The highest BCUT2D eigenvalue weighted by molar-refractivity contribution is 5.48. The lowest BCUT2D eigenvalue weighted by atomic mass is 9.98. The molecule has 3 rings (SSSR count). The lowest BCUT2D eigenvalue weighted by Crippen LogP contribution is -2.16. The van der Waals surface area contributed by atoms with Gasteiger partial charge in [0, 0.05) is 6.07 Å². The summed E-state index contributed by atoms with van der Waals surface area (Å²) in [5.74, 6) is 0.0960. The smallest absolute Gasteiger partial charge is 0.363 e. The average molecular weight is 335 g/mol. The van der Waals surface area contributed by atoms with Crippen molar-refractivity contribution < 1.29 is 13.2 Å². The first-order chi connectivity index (χ1) is 11.3. The van der Waals surface area contributed by atoms with Crippen molar-refractivity contribution in [2.24, 2.45) is 0 Å². The minimum Gasteiger partial charge on any atom is -0.363 e. The summed E-state index contributed by atoms with van der Waals surface area (Å²) in [7, 11) is 0. The van der Waals surface area contributed by atoms with Crippen LogP contribution in [0, 0.1) is 13.8 Å². The largest absolute Gasteiger partial charge is 0.433 e. The van der Waals surface area contributed by atoms with E-state index in [0.29, 0.717) is 0 Å². The Balaban J connectivity index is 2.03. The summed E-state index contributed by atoms with van der Waals surface area (Å²) in [4.78, 5) is 7.27. The van der Waals surface area contributed by atoms with E-state index in [1.807, 2.05) is 39.0 Å². The topological polar surface area (TPSA) is 55.1 Å². The van der Waals surface area contributed by atoms with Gasteiger partial charge in [0.15, 0.2) is 5.69 Å². The number of nitrogens with one attached hydrogen (secondary N) is 1. The lowest BCUT2D eigenvalue weighted by molar-refractivity contribution is -0.141. The number of alkyl halides is 3. The molecule has 0 amide bonds. The van der Waals surface area contributed by atoms with E-state index in [1.54, 1.807) is 0 Å². The number of nitrogens with zero attached hydrogens (tertiary/aromatic N) is 4. The summed E-state index contributed by atoms with van der Waals surface area (Å²) >= 11 is 0. The van der Waals surface area contributed by atoms with Crippen LogP contribution in [0.15, 0.2) is 30.6 Å². The summed E-state index contributed by atoms with van der Waals surface area (Å²) < 4.78 is 40.4. The maximum absolute atomic E-state index is 13.0. The van der Waals surface area contributed by atoms with Crippen LogP contribution >= 0.6 is 0 Å². The van der Waals surface area contributed by atoms with Gasteiger partial charge in [-0.25, -0.2) is 4.98 Å². The number of anilines is 1. The predicted molar refractivity (Wildman–Crippen MR) is 83.7 cm³/mol. The van der Waals surface area contributed by atoms with Gasteiger partial charge in [-0.3, -0.25) is 0 Å². The highest BCUT2D eigenvalue weighted by Gasteiger charge is 2.34. The molecule has 24 heavy (non-hydrogen) atoms. The van der Waals surface area contributed by atoms with Gasteiger partial charge in [0.05, 0.1) is 6.04 Å². The highest BCUT2D eigenvalue weighted by Crippen LogP contribution is 2.31. The zero-order valence-electron chi connectivity index (χ0n) is 13.4. The van der Waals surface area contributed by atoms with Gasteiger partial charge in [-0.2, -0.15) is 27.8 Å². The third-order valence-electron chi connectivity index (χ3n) is 4.02. The number of halogens is 3. The van der Waals surface area contributed by atoms with Crippen molar-refractivity contribution in [3.8, 4) is 0 Å². The number of hydrogen-bond acceptors (Lipinski definition) is 4. The van der Waals surface area contributed by atoms with Crippen LogP contribution in [0.3, 0.4) is 0 Å². The molecule has 0 radical (unpaired) electrons. The van der Waals surface area contributed by atoms with Gasteiger partial charge in [-0.05, 0) is 37.5 Å². The third-order valence-corrected chi connectivity index (χ3v) is 4.02. The number of rotatable bonds is 3. The zero-order chi connectivity index (χ0) is 17.5. The molecular formula is C16H16F3N5. The van der Waals surface area contributed by atoms with Gasteiger partial charge >= 0.3 is 6.18 Å². The highest BCUT2D eigenvalue weighted by atomic mass is 19.4. The fourth-order valence-corrected chi connectivity index (χ4v) is 2.60. The molecule has 2 aromatic heterocycles. The Hall–Kier alpha value is -2.64. The van der Waals surface area contributed by atoms with Gasteiger partial charge in [-0.15, -0.1) is 0 Å². The second kappa shape index (κ2) is 5.77. The molecule has 0 aliphatic rings. The van der Waals surface area contributed by atoms with Crippen molar-refractivity contribution in [3.63, 3.8) is 0 Å². The van der Waals surface area contributed by atoms with Gasteiger partial charge in [0.2, 0.25) is 0 Å². The van der Waals surface area contributed by atoms with E-state index in [0.717, 1.165) is 22.8 Å². The molecule has 0 saturated carbocycles. The standard InChI is InChI=1S/C16H16F3N5/c1-9-5-4-6-12(10(9)2)11(3)22-14-7-13(16(17,18)19)23-15-20-8-21-24(14)15/h4-8,11,22H,1-3H3. The minimum atomic E-state index is -4.55. The molecule has 0 aliphatic carbocycles. The minimum absolute atomic E-state index is 0.0968. The molecular weight excluding hydrogens is 319 g/mol. The van der Waals surface area contributed by atoms with Crippen LogP contribution in [0.1, 0.15) is 35.3 Å². The quantitative estimate of drug-likeness (QED) is 0.788. The van der Waals surface area contributed by atoms with Crippen molar-refractivity contribution >= 4 is 11.6 Å². The van der Waals surface area contributed by atoms with E-state index in [-0.39, 0.29) is 17.6 Å². The number of aryl methyl sites for hydroxylation is 1. The maximum atomic E-state index is 13.0. The van der Waals surface area contributed by atoms with Crippen molar-refractivity contribution in [2.45, 2.75) is 33.0 Å². The monoisotopic (exact) mass is 335 g/mol. The van der Waals surface area contributed by atoms with Crippen LogP contribution in [-0.2, 0) is 6.18 Å². The molecule has 0 fully saturated rings. The molecule has 0 saturated heterocycles. The molecule has 3 aromatic rings. The molecule has 8 heteroatoms. The van der Waals surface area contributed by atoms with Crippen molar-refractivity contribution in [1.82, 2.24) is 19.6 Å². The maximum Gasteiger partial charge on any atom is 0.433 e. The van der Waals surface area contributed by atoms with E-state index in [2.05, 4.69) is 20.4 Å². The normalized spacial score (nSPS) is 13.2. The van der Waals surface area contributed by atoms with E-state index >= 15 is 0 Å². The molecule has 1 aromatic carbocycles. The van der Waals surface area contributed by atoms with Crippen LogP contribution in [0.4, 0.5) is 19.0 Å². The van der Waals surface area contributed by atoms with Crippen LogP contribution in [0.5, 0.6) is 0 Å². The molecule has 1 N–H and O–H groups in total. The van der Waals surface area contributed by atoms with Crippen LogP contribution in [0.2, 0.25) is 0 Å². The Morgan fingerprint density at radius 1 is 1.21 bits per heavy atom. The van der Waals surface area contributed by atoms with Crippen molar-refractivity contribution in [3.05, 3.63) is 53.0 Å². The van der Waals surface area contributed by atoms with Gasteiger partial charge in [0.1, 0.15) is 12.1 Å². The molecule has 126 valence electrons. The summed E-state index contributed by atoms with van der Waals surface area (Å²) in [5, 5.41) is 7.03. The lowest BCUT2D eigenvalue weighted by Gasteiger charge is -2.20. The number of aromatic nitrogens is 4. The summed E-state index contributed by atoms with van der Waals surface area (Å²) in [6, 6.07) is 6.61.